The first kappa shape index (κ1) is 36.8. The molecule has 0 atom stereocenters. The second-order valence-electron chi connectivity index (χ2n) is 14.2. The molecule has 0 aliphatic rings. The third-order valence-corrected chi connectivity index (χ3v) is 17.9. The van der Waals surface area contributed by atoms with Crippen LogP contribution in [0.3, 0.4) is 0 Å². The Morgan fingerprint density at radius 1 is 0.568 bits per heavy atom. The van der Waals surface area contributed by atoms with E-state index in [0.717, 1.165) is 96.7 Å². The molecular weight excluding hydrogens is 496 g/mol. The van der Waals surface area contributed by atoms with E-state index in [2.05, 4.69) is 67.7 Å². The maximum Gasteiger partial charge on any atom is 0.293 e. The van der Waals surface area contributed by atoms with Crippen molar-refractivity contribution in [2.24, 2.45) is 0 Å². The topological polar surface area (TPSA) is 65.0 Å². The quantitative estimate of drug-likeness (QED) is 0.0813. The molecule has 5 nitrogen and oxygen atoms in total. The third kappa shape index (κ3) is 16.5. The van der Waals surface area contributed by atoms with Crippen LogP contribution in [-0.2, 0) is 18.4 Å². The number of carbonyl (C=O) groups excluding carboxylic acids is 1. The van der Waals surface area contributed by atoms with Crippen LogP contribution in [0.1, 0.15) is 125 Å². The van der Waals surface area contributed by atoms with Crippen molar-refractivity contribution >= 4 is 23.1 Å². The Morgan fingerprint density at radius 2 is 0.892 bits per heavy atom. The molecule has 0 saturated heterocycles. The van der Waals surface area contributed by atoms with Crippen molar-refractivity contribution in [1.29, 1.82) is 0 Å². The van der Waals surface area contributed by atoms with Crippen LogP contribution in [0.5, 0.6) is 0 Å². The van der Waals surface area contributed by atoms with Crippen molar-refractivity contribution in [2.75, 3.05) is 19.8 Å². The summed E-state index contributed by atoms with van der Waals surface area (Å²) in [5.74, 6) is 0. The summed E-state index contributed by atoms with van der Waals surface area (Å²) in [6, 6.07) is 0. The SMILES string of the molecule is CC(C)(C)[Si](C)(C)OCCCCCCC(O)(CCCCCCO[Si](C)(C)C(C)(C)C)CCCCOC=O. The summed E-state index contributed by atoms with van der Waals surface area (Å²) in [7, 11) is -3.30. The summed E-state index contributed by atoms with van der Waals surface area (Å²) in [5.41, 5.74) is -0.601. The van der Waals surface area contributed by atoms with Gasteiger partial charge in [-0.3, -0.25) is 4.79 Å². The lowest BCUT2D eigenvalue weighted by atomic mass is 9.85. The van der Waals surface area contributed by atoms with Gasteiger partial charge in [-0.25, -0.2) is 0 Å². The summed E-state index contributed by atoms with van der Waals surface area (Å²) in [4.78, 5) is 10.4. The van der Waals surface area contributed by atoms with Gasteiger partial charge in [0.05, 0.1) is 12.2 Å². The Hall–Kier alpha value is -0.216. The summed E-state index contributed by atoms with van der Waals surface area (Å²) < 4.78 is 17.4. The van der Waals surface area contributed by atoms with Gasteiger partial charge in [-0.05, 0) is 81.2 Å². The predicted molar refractivity (Wildman–Crippen MR) is 163 cm³/mol. The van der Waals surface area contributed by atoms with Crippen molar-refractivity contribution in [3.63, 3.8) is 0 Å². The molecule has 0 aromatic heterocycles. The monoisotopic (exact) mass is 560 g/mol. The van der Waals surface area contributed by atoms with Crippen LogP contribution in [0, 0.1) is 0 Å². The first-order valence-electron chi connectivity index (χ1n) is 15.0. The molecule has 0 aromatic rings. The Balaban J connectivity index is 4.36. The van der Waals surface area contributed by atoms with Crippen LogP contribution in [0.2, 0.25) is 36.3 Å². The summed E-state index contributed by atoms with van der Waals surface area (Å²) in [6.07, 6.45) is 13.1. The van der Waals surface area contributed by atoms with Crippen LogP contribution in [0.25, 0.3) is 0 Å². The summed E-state index contributed by atoms with van der Waals surface area (Å²) >= 11 is 0. The van der Waals surface area contributed by atoms with E-state index in [4.69, 9.17) is 13.6 Å². The zero-order valence-corrected chi connectivity index (χ0v) is 28.5. The number of rotatable bonds is 22. The van der Waals surface area contributed by atoms with E-state index in [-0.39, 0.29) is 10.1 Å². The minimum Gasteiger partial charge on any atom is -0.468 e. The fourth-order valence-electron chi connectivity index (χ4n) is 3.97. The molecule has 0 rings (SSSR count). The number of ether oxygens (including phenoxy) is 1. The van der Waals surface area contributed by atoms with Gasteiger partial charge in [-0.15, -0.1) is 0 Å². The molecule has 1 N–H and O–H groups in total. The van der Waals surface area contributed by atoms with Gasteiger partial charge in [0.1, 0.15) is 0 Å². The van der Waals surface area contributed by atoms with Crippen LogP contribution >= 0.6 is 0 Å². The van der Waals surface area contributed by atoms with E-state index in [0.29, 0.717) is 13.1 Å². The summed E-state index contributed by atoms with van der Waals surface area (Å²) in [6.45, 7) is 25.6. The maximum atomic E-state index is 11.4. The molecule has 0 unspecified atom stereocenters. The minimum atomic E-state index is -1.65. The minimum absolute atomic E-state index is 0.262. The van der Waals surface area contributed by atoms with Gasteiger partial charge < -0.3 is 18.7 Å². The van der Waals surface area contributed by atoms with Crippen molar-refractivity contribution in [3.05, 3.63) is 0 Å². The van der Waals surface area contributed by atoms with Crippen LogP contribution in [0.15, 0.2) is 0 Å². The van der Waals surface area contributed by atoms with Gasteiger partial charge >= 0.3 is 0 Å². The maximum absolute atomic E-state index is 11.4. The molecule has 0 saturated carbocycles. The molecule has 0 amide bonds. The first-order chi connectivity index (χ1) is 17.0. The number of unbranched alkanes of at least 4 members (excludes halogenated alkanes) is 7. The van der Waals surface area contributed by atoms with E-state index in [1.807, 2.05) is 0 Å². The largest absolute Gasteiger partial charge is 0.468 e. The zero-order chi connectivity index (χ0) is 28.6. The number of hydrogen-bond donors (Lipinski definition) is 1. The molecule has 0 fully saturated rings. The Labute approximate surface area is 233 Å². The van der Waals surface area contributed by atoms with E-state index in [9.17, 15) is 9.90 Å². The molecule has 0 heterocycles. The van der Waals surface area contributed by atoms with Crippen molar-refractivity contribution in [1.82, 2.24) is 0 Å². The Morgan fingerprint density at radius 3 is 1.24 bits per heavy atom. The van der Waals surface area contributed by atoms with E-state index in [1.165, 1.54) is 0 Å². The molecule has 37 heavy (non-hydrogen) atoms. The average Bonchev–Trinajstić information content (AvgIpc) is 2.76. The number of carbonyl (C=O) groups is 1. The molecule has 7 heteroatoms. The Kier molecular flexibility index (Phi) is 17.4. The predicted octanol–water partition coefficient (Wildman–Crippen LogP) is 9.01. The van der Waals surface area contributed by atoms with Crippen LogP contribution < -0.4 is 0 Å². The zero-order valence-electron chi connectivity index (χ0n) is 26.5. The standard InChI is InChI=1S/C30H64O5Si2/c1-28(2,3)36(7,8)34-25-18-13-11-15-21-30(32,23-17-20-24-33-27-31)22-16-12-14-19-26-35-37(9,10)29(4,5)6/h27,32H,11-26H2,1-10H3. The van der Waals surface area contributed by atoms with Gasteiger partial charge in [-0.2, -0.15) is 0 Å². The molecule has 222 valence electrons. The second-order valence-corrected chi connectivity index (χ2v) is 23.8. The fraction of sp³-hybridized carbons (Fsp3) is 0.967. The van der Waals surface area contributed by atoms with Gasteiger partial charge in [0, 0.05) is 13.2 Å². The van der Waals surface area contributed by atoms with Crippen LogP contribution in [-0.4, -0.2) is 53.6 Å². The molecule has 0 bridgehead atoms. The summed E-state index contributed by atoms with van der Waals surface area (Å²) in [5, 5.41) is 11.9. The van der Waals surface area contributed by atoms with Crippen molar-refractivity contribution in [3.8, 4) is 0 Å². The van der Waals surface area contributed by atoms with Gasteiger partial charge in [-0.1, -0.05) is 80.1 Å². The van der Waals surface area contributed by atoms with E-state index < -0.39 is 22.2 Å². The number of hydrogen-bond acceptors (Lipinski definition) is 5. The van der Waals surface area contributed by atoms with E-state index >= 15 is 0 Å². The van der Waals surface area contributed by atoms with E-state index in [1.54, 1.807) is 0 Å². The highest BCUT2D eigenvalue weighted by Gasteiger charge is 2.37. The van der Waals surface area contributed by atoms with Gasteiger partial charge in [0.15, 0.2) is 16.6 Å². The highest BCUT2D eigenvalue weighted by molar-refractivity contribution is 6.74. The highest BCUT2D eigenvalue weighted by atomic mass is 28.4. The van der Waals surface area contributed by atoms with Crippen molar-refractivity contribution < 1.29 is 23.5 Å². The highest BCUT2D eigenvalue weighted by Crippen LogP contribution is 2.37. The lowest BCUT2D eigenvalue weighted by Gasteiger charge is -2.36. The fourth-order valence-corrected chi connectivity index (χ4v) is 6.14. The normalized spacial score (nSPS) is 13.7. The van der Waals surface area contributed by atoms with Crippen molar-refractivity contribution in [2.45, 2.75) is 167 Å². The molecule has 0 spiro atoms. The lowest BCUT2D eigenvalue weighted by molar-refractivity contribution is -0.128. The average molecular weight is 561 g/mol. The number of aliphatic hydroxyl groups is 1. The molecule has 0 aliphatic heterocycles. The lowest BCUT2D eigenvalue weighted by Crippen LogP contribution is -2.40. The van der Waals surface area contributed by atoms with Gasteiger partial charge in [0.2, 0.25) is 0 Å². The smallest absolute Gasteiger partial charge is 0.293 e. The molecule has 0 aliphatic carbocycles. The molecule has 0 radical (unpaired) electrons. The van der Waals surface area contributed by atoms with Gasteiger partial charge in [0.25, 0.3) is 6.47 Å². The first-order valence-corrected chi connectivity index (χ1v) is 20.8. The van der Waals surface area contributed by atoms with Crippen LogP contribution in [0.4, 0.5) is 0 Å². The third-order valence-electron chi connectivity index (χ3n) is 8.83. The second kappa shape index (κ2) is 17.5. The molecular formula is C30H64O5Si2. The Bertz CT molecular complexity index is 554. The molecule has 0 aromatic carbocycles.